The quantitative estimate of drug-likeness (QED) is 0.879. The molecule has 3 heteroatoms. The Kier molecular flexibility index (Phi) is 3.42. The Labute approximate surface area is 114 Å². The Bertz CT molecular complexity index is 463. The second kappa shape index (κ2) is 5.06. The minimum Gasteiger partial charge on any atom is -0.311 e. The predicted octanol–water partition coefficient (Wildman–Crippen LogP) is 3.62. The third kappa shape index (κ3) is 2.11. The lowest BCUT2D eigenvalue weighted by molar-refractivity contribution is -0.185. The molecule has 0 bridgehead atoms. The normalized spacial score (nSPS) is 26.6. The van der Waals surface area contributed by atoms with Crippen molar-refractivity contribution >= 4 is 5.71 Å². The minimum absolute atomic E-state index is 0.0421. The van der Waals surface area contributed by atoms with Gasteiger partial charge in [-0.1, -0.05) is 43.7 Å². The van der Waals surface area contributed by atoms with Gasteiger partial charge in [-0.3, -0.25) is 4.99 Å². The van der Waals surface area contributed by atoms with E-state index in [1.165, 1.54) is 19.3 Å². The molecule has 1 unspecified atom stereocenters. The molecule has 1 aromatic carbocycles. The summed E-state index contributed by atoms with van der Waals surface area (Å²) in [5.74, 6) is 0. The first-order valence-electron chi connectivity index (χ1n) is 7.40. The predicted molar refractivity (Wildman–Crippen MR) is 76.5 cm³/mol. The smallest absolute Gasteiger partial charge is 0.136 e. The van der Waals surface area contributed by atoms with Crippen LogP contribution < -0.4 is 0 Å². The van der Waals surface area contributed by atoms with Crippen molar-refractivity contribution in [2.45, 2.75) is 57.2 Å². The van der Waals surface area contributed by atoms with Gasteiger partial charge in [0.15, 0.2) is 0 Å². The maximum Gasteiger partial charge on any atom is 0.136 e. The lowest BCUT2D eigenvalue weighted by Gasteiger charge is -2.37. The van der Waals surface area contributed by atoms with Crippen molar-refractivity contribution in [2.75, 3.05) is 0 Å². The number of aliphatic imine (C=N–C) groups is 1. The van der Waals surface area contributed by atoms with E-state index in [0.717, 1.165) is 30.5 Å². The van der Waals surface area contributed by atoms with E-state index in [1.54, 1.807) is 5.06 Å². The zero-order chi connectivity index (χ0) is 13.3. The number of hydroxylamine groups is 2. The van der Waals surface area contributed by atoms with Gasteiger partial charge in [0.2, 0.25) is 0 Å². The number of rotatable bonds is 2. The fourth-order valence-corrected chi connectivity index (χ4v) is 3.45. The molecule has 1 aliphatic heterocycles. The molecule has 1 aromatic rings. The van der Waals surface area contributed by atoms with Crippen molar-refractivity contribution in [2.24, 2.45) is 4.99 Å². The van der Waals surface area contributed by atoms with Crippen LogP contribution in [-0.2, 0) is 0 Å². The third-order valence-electron chi connectivity index (χ3n) is 4.48. The van der Waals surface area contributed by atoms with Crippen molar-refractivity contribution in [3.05, 3.63) is 35.9 Å². The first kappa shape index (κ1) is 12.8. The lowest BCUT2D eigenvalue weighted by atomic mass is 9.89. The summed E-state index contributed by atoms with van der Waals surface area (Å²) in [5, 5.41) is 12.2. The van der Waals surface area contributed by atoms with E-state index in [4.69, 9.17) is 4.99 Å². The molecule has 19 heavy (non-hydrogen) atoms. The van der Waals surface area contributed by atoms with Crippen LogP contribution in [0.5, 0.6) is 0 Å². The zero-order valence-electron chi connectivity index (χ0n) is 11.5. The first-order chi connectivity index (χ1) is 9.27. The fourth-order valence-electron chi connectivity index (χ4n) is 3.45. The van der Waals surface area contributed by atoms with Gasteiger partial charge >= 0.3 is 0 Å². The molecule has 0 radical (unpaired) electrons. The van der Waals surface area contributed by atoms with Crippen LogP contribution in [0.25, 0.3) is 0 Å². The third-order valence-corrected chi connectivity index (χ3v) is 4.48. The molecule has 0 aromatic heterocycles. The van der Waals surface area contributed by atoms with Crippen molar-refractivity contribution in [3.8, 4) is 0 Å². The van der Waals surface area contributed by atoms with E-state index >= 15 is 0 Å². The molecule has 1 aliphatic carbocycles. The highest BCUT2D eigenvalue weighted by Gasteiger charge is 2.47. The van der Waals surface area contributed by atoms with Crippen LogP contribution in [0.4, 0.5) is 0 Å². The number of benzene rings is 1. The molecule has 0 amide bonds. The summed E-state index contributed by atoms with van der Waals surface area (Å²) >= 11 is 0. The maximum absolute atomic E-state index is 10.6. The molecule has 1 N–H and O–H groups in total. The molecule has 102 valence electrons. The molecule has 2 aliphatic rings. The molecule has 1 saturated carbocycles. The van der Waals surface area contributed by atoms with Crippen LogP contribution in [-0.4, -0.2) is 27.7 Å². The Morgan fingerprint density at radius 2 is 1.89 bits per heavy atom. The number of hydrogen-bond acceptors (Lipinski definition) is 3. The Morgan fingerprint density at radius 3 is 2.53 bits per heavy atom. The summed E-state index contributed by atoms with van der Waals surface area (Å²) < 4.78 is 0. The van der Waals surface area contributed by atoms with Crippen LogP contribution >= 0.6 is 0 Å². The number of nitrogens with zero attached hydrogens (tertiary/aromatic N) is 2. The van der Waals surface area contributed by atoms with Gasteiger partial charge in [-0.25, -0.2) is 0 Å². The molecule has 1 atom stereocenters. The summed E-state index contributed by atoms with van der Waals surface area (Å²) in [6, 6.07) is 10.3. The minimum atomic E-state index is -0.343. The largest absolute Gasteiger partial charge is 0.311 e. The van der Waals surface area contributed by atoms with Crippen LogP contribution in [0.3, 0.4) is 0 Å². The van der Waals surface area contributed by atoms with Gasteiger partial charge in [-0.15, -0.1) is 0 Å². The number of hydrogen-bond donors (Lipinski definition) is 1. The highest BCUT2D eigenvalue weighted by atomic mass is 16.5. The SMILES string of the molecule is CCC1C(c2ccccc2)=NC2(CCCCC2)N1O. The first-order valence-corrected chi connectivity index (χ1v) is 7.40. The van der Waals surface area contributed by atoms with Gasteiger partial charge in [-0.05, 0) is 37.7 Å². The van der Waals surface area contributed by atoms with Crippen molar-refractivity contribution < 1.29 is 5.21 Å². The Balaban J connectivity index is 1.99. The topological polar surface area (TPSA) is 35.8 Å². The Morgan fingerprint density at radius 1 is 1.21 bits per heavy atom. The van der Waals surface area contributed by atoms with Gasteiger partial charge in [-0.2, -0.15) is 5.06 Å². The summed E-state index contributed by atoms with van der Waals surface area (Å²) in [6.07, 6.45) is 6.46. The van der Waals surface area contributed by atoms with Crippen molar-refractivity contribution in [1.82, 2.24) is 5.06 Å². The van der Waals surface area contributed by atoms with E-state index < -0.39 is 0 Å². The molecule has 1 fully saturated rings. The molecular formula is C16H22N2O. The molecule has 1 spiro atoms. The highest BCUT2D eigenvalue weighted by Crippen LogP contribution is 2.41. The second-order valence-electron chi connectivity index (χ2n) is 5.67. The zero-order valence-corrected chi connectivity index (χ0v) is 11.5. The molecular weight excluding hydrogens is 236 g/mol. The summed E-state index contributed by atoms with van der Waals surface area (Å²) in [7, 11) is 0. The van der Waals surface area contributed by atoms with Gasteiger partial charge in [0.1, 0.15) is 5.66 Å². The molecule has 1 heterocycles. The second-order valence-corrected chi connectivity index (χ2v) is 5.67. The van der Waals surface area contributed by atoms with E-state index in [-0.39, 0.29) is 11.7 Å². The Hall–Kier alpha value is -1.19. The van der Waals surface area contributed by atoms with Crippen molar-refractivity contribution in [1.29, 1.82) is 0 Å². The molecule has 3 nitrogen and oxygen atoms in total. The van der Waals surface area contributed by atoms with Gasteiger partial charge < -0.3 is 5.21 Å². The van der Waals surface area contributed by atoms with Crippen molar-refractivity contribution in [3.63, 3.8) is 0 Å². The van der Waals surface area contributed by atoms with E-state index in [9.17, 15) is 5.21 Å². The van der Waals surface area contributed by atoms with Gasteiger partial charge in [0, 0.05) is 0 Å². The fraction of sp³-hybridized carbons (Fsp3) is 0.562. The van der Waals surface area contributed by atoms with Gasteiger partial charge in [0.25, 0.3) is 0 Å². The standard InChI is InChI=1S/C16H22N2O/c1-2-14-15(13-9-5-3-6-10-13)17-16(18(14)19)11-7-4-8-12-16/h3,5-6,9-10,14,19H,2,4,7-8,11-12H2,1H3. The van der Waals surface area contributed by atoms with Crippen LogP contribution in [0.15, 0.2) is 35.3 Å². The van der Waals surface area contributed by atoms with Crippen LogP contribution in [0, 0.1) is 0 Å². The lowest BCUT2D eigenvalue weighted by Crippen LogP contribution is -2.47. The van der Waals surface area contributed by atoms with E-state index in [0.29, 0.717) is 0 Å². The van der Waals surface area contributed by atoms with E-state index in [2.05, 4.69) is 19.1 Å². The van der Waals surface area contributed by atoms with Crippen LogP contribution in [0.2, 0.25) is 0 Å². The molecule has 0 saturated heterocycles. The summed E-state index contributed by atoms with van der Waals surface area (Å²) in [5.41, 5.74) is 1.87. The molecule has 3 rings (SSSR count). The van der Waals surface area contributed by atoms with E-state index in [1.807, 2.05) is 18.2 Å². The highest BCUT2D eigenvalue weighted by molar-refractivity contribution is 6.05. The maximum atomic E-state index is 10.6. The monoisotopic (exact) mass is 258 g/mol. The average molecular weight is 258 g/mol. The average Bonchev–Trinajstić information content (AvgIpc) is 2.74. The van der Waals surface area contributed by atoms with Gasteiger partial charge in [0.05, 0.1) is 11.8 Å². The van der Waals surface area contributed by atoms with Crippen LogP contribution in [0.1, 0.15) is 51.0 Å². The summed E-state index contributed by atoms with van der Waals surface area (Å²) in [4.78, 5) is 4.98. The summed E-state index contributed by atoms with van der Waals surface area (Å²) in [6.45, 7) is 2.12.